The van der Waals surface area contributed by atoms with Crippen molar-refractivity contribution in [2.75, 3.05) is 6.61 Å². The van der Waals surface area contributed by atoms with Gasteiger partial charge < -0.3 is 9.15 Å². The first kappa shape index (κ1) is 14.8. The number of carbonyl (C=O) groups excluding carboxylic acids is 1. The smallest absolute Gasteiger partial charge is 0.323 e. The van der Waals surface area contributed by atoms with E-state index < -0.39 is 0 Å². The Morgan fingerprint density at radius 3 is 2.56 bits per heavy atom. The van der Waals surface area contributed by atoms with Crippen molar-refractivity contribution in [3.8, 4) is 0 Å². The predicted molar refractivity (Wildman–Crippen MR) is 70.4 cm³/mol. The summed E-state index contributed by atoms with van der Waals surface area (Å²) < 4.78 is 10.5. The molecule has 0 bridgehead atoms. The van der Waals surface area contributed by atoms with Gasteiger partial charge in [0.2, 0.25) is 0 Å². The molecular weight excluding hydrogens is 230 g/mol. The van der Waals surface area contributed by atoms with E-state index in [1.165, 1.54) is 0 Å². The summed E-state index contributed by atoms with van der Waals surface area (Å²) in [6, 6.07) is 1.80. The molecule has 0 aliphatic rings. The first-order valence-electron chi connectivity index (χ1n) is 6.49. The summed E-state index contributed by atoms with van der Waals surface area (Å²) in [6.07, 6.45) is 0.707. The average molecular weight is 253 g/mol. The number of furan rings is 1. The number of esters is 1. The summed E-state index contributed by atoms with van der Waals surface area (Å²) in [7, 11) is 0. The van der Waals surface area contributed by atoms with E-state index in [9.17, 15) is 4.79 Å². The molecule has 2 unspecified atom stereocenters. The van der Waals surface area contributed by atoms with E-state index in [2.05, 4.69) is 5.32 Å². The fraction of sp³-hybridized carbons (Fsp3) is 0.643. The molecule has 4 nitrogen and oxygen atoms in total. The lowest BCUT2D eigenvalue weighted by molar-refractivity contribution is -0.146. The number of aryl methyl sites for hydroxylation is 2. The third kappa shape index (κ3) is 3.60. The number of hydrogen-bond acceptors (Lipinski definition) is 4. The zero-order valence-electron chi connectivity index (χ0n) is 11.9. The van der Waals surface area contributed by atoms with Gasteiger partial charge in [0.05, 0.1) is 6.61 Å². The van der Waals surface area contributed by atoms with Crippen molar-refractivity contribution in [1.29, 1.82) is 0 Å². The number of nitrogens with one attached hydrogen (secondary N) is 1. The van der Waals surface area contributed by atoms with Crippen LogP contribution in [0.25, 0.3) is 0 Å². The van der Waals surface area contributed by atoms with Crippen LogP contribution in [0.2, 0.25) is 0 Å². The molecule has 1 rings (SSSR count). The summed E-state index contributed by atoms with van der Waals surface area (Å²) in [6.45, 7) is 10.1. The fourth-order valence-corrected chi connectivity index (χ4v) is 2.07. The topological polar surface area (TPSA) is 51.5 Å². The summed E-state index contributed by atoms with van der Waals surface area (Å²) in [5, 5.41) is 3.29. The quantitative estimate of drug-likeness (QED) is 0.792. The Morgan fingerprint density at radius 2 is 2.11 bits per heavy atom. The Bertz CT molecular complexity index is 398. The van der Waals surface area contributed by atoms with Crippen LogP contribution in [-0.2, 0) is 9.53 Å². The minimum Gasteiger partial charge on any atom is -0.466 e. The van der Waals surface area contributed by atoms with Crippen LogP contribution in [0.3, 0.4) is 0 Å². The molecule has 102 valence electrons. The second-order valence-electron chi connectivity index (χ2n) is 4.47. The van der Waals surface area contributed by atoms with Gasteiger partial charge in [0.15, 0.2) is 0 Å². The fourth-order valence-electron chi connectivity index (χ4n) is 2.07. The Labute approximate surface area is 109 Å². The van der Waals surface area contributed by atoms with Crippen molar-refractivity contribution in [2.24, 2.45) is 0 Å². The van der Waals surface area contributed by atoms with Crippen molar-refractivity contribution in [3.63, 3.8) is 0 Å². The van der Waals surface area contributed by atoms with Gasteiger partial charge in [0.25, 0.3) is 0 Å². The summed E-state index contributed by atoms with van der Waals surface area (Å²) >= 11 is 0. The van der Waals surface area contributed by atoms with Gasteiger partial charge in [-0.05, 0) is 40.2 Å². The predicted octanol–water partition coefficient (Wildman–Crippen LogP) is 2.89. The first-order chi connectivity index (χ1) is 8.49. The second-order valence-corrected chi connectivity index (χ2v) is 4.47. The molecule has 18 heavy (non-hydrogen) atoms. The molecule has 1 heterocycles. The van der Waals surface area contributed by atoms with E-state index in [0.29, 0.717) is 13.0 Å². The van der Waals surface area contributed by atoms with Crippen LogP contribution in [0.1, 0.15) is 50.3 Å². The lowest BCUT2D eigenvalue weighted by atomic mass is 10.1. The SMILES string of the molecule is CCOC(=O)C(CC)NC(C)c1cc(C)oc1C. The molecule has 1 aromatic rings. The lowest BCUT2D eigenvalue weighted by Gasteiger charge is -2.20. The van der Waals surface area contributed by atoms with Crippen molar-refractivity contribution < 1.29 is 13.9 Å². The van der Waals surface area contributed by atoms with E-state index in [1.807, 2.05) is 40.7 Å². The van der Waals surface area contributed by atoms with Crippen molar-refractivity contribution >= 4 is 5.97 Å². The molecule has 0 aromatic carbocycles. The molecule has 0 amide bonds. The molecule has 0 radical (unpaired) electrons. The van der Waals surface area contributed by atoms with Gasteiger partial charge in [-0.25, -0.2) is 0 Å². The Morgan fingerprint density at radius 1 is 1.44 bits per heavy atom. The third-order valence-corrected chi connectivity index (χ3v) is 2.98. The molecule has 0 aliphatic heterocycles. The van der Waals surface area contributed by atoms with E-state index in [0.717, 1.165) is 17.1 Å². The minimum atomic E-state index is -0.269. The van der Waals surface area contributed by atoms with Crippen LogP contribution in [-0.4, -0.2) is 18.6 Å². The lowest BCUT2D eigenvalue weighted by Crippen LogP contribution is -2.39. The minimum absolute atomic E-state index is 0.0665. The average Bonchev–Trinajstić information content (AvgIpc) is 2.65. The van der Waals surface area contributed by atoms with Crippen LogP contribution in [0.15, 0.2) is 10.5 Å². The maximum absolute atomic E-state index is 11.7. The standard InChI is InChI=1S/C14H23NO3/c1-6-13(14(16)17-7-2)15-10(4)12-8-9(3)18-11(12)5/h8,10,13,15H,6-7H2,1-5H3. The van der Waals surface area contributed by atoms with Crippen LogP contribution >= 0.6 is 0 Å². The molecule has 2 atom stereocenters. The van der Waals surface area contributed by atoms with E-state index in [4.69, 9.17) is 9.15 Å². The normalized spacial score (nSPS) is 14.3. The number of rotatable bonds is 6. The molecule has 0 fully saturated rings. The Balaban J connectivity index is 2.70. The second kappa shape index (κ2) is 6.59. The van der Waals surface area contributed by atoms with Crippen molar-refractivity contribution in [2.45, 2.75) is 53.1 Å². The Hall–Kier alpha value is -1.29. The first-order valence-corrected chi connectivity index (χ1v) is 6.49. The van der Waals surface area contributed by atoms with Gasteiger partial charge in [-0.3, -0.25) is 10.1 Å². The zero-order chi connectivity index (χ0) is 13.7. The number of carbonyl (C=O) groups is 1. The van der Waals surface area contributed by atoms with Crippen molar-refractivity contribution in [1.82, 2.24) is 5.32 Å². The highest BCUT2D eigenvalue weighted by Gasteiger charge is 2.22. The van der Waals surface area contributed by atoms with Gasteiger partial charge >= 0.3 is 5.97 Å². The molecule has 1 N–H and O–H groups in total. The number of hydrogen-bond donors (Lipinski definition) is 1. The highest BCUT2D eigenvalue weighted by Crippen LogP contribution is 2.22. The van der Waals surface area contributed by atoms with Gasteiger partial charge in [0, 0.05) is 11.6 Å². The van der Waals surface area contributed by atoms with Crippen molar-refractivity contribution in [3.05, 3.63) is 23.2 Å². The third-order valence-electron chi connectivity index (χ3n) is 2.98. The zero-order valence-corrected chi connectivity index (χ0v) is 11.9. The number of ether oxygens (including phenoxy) is 1. The molecule has 0 aliphatic carbocycles. The van der Waals surface area contributed by atoms with E-state index >= 15 is 0 Å². The van der Waals surface area contributed by atoms with Crippen LogP contribution in [0, 0.1) is 13.8 Å². The maximum atomic E-state index is 11.7. The molecule has 0 saturated heterocycles. The van der Waals surface area contributed by atoms with Crippen LogP contribution in [0.4, 0.5) is 0 Å². The molecule has 1 aromatic heterocycles. The highest BCUT2D eigenvalue weighted by molar-refractivity contribution is 5.75. The largest absolute Gasteiger partial charge is 0.466 e. The van der Waals surface area contributed by atoms with E-state index in [-0.39, 0.29) is 18.1 Å². The molecular formula is C14H23NO3. The van der Waals surface area contributed by atoms with Gasteiger partial charge in [0.1, 0.15) is 17.6 Å². The summed E-state index contributed by atoms with van der Waals surface area (Å²) in [5.41, 5.74) is 1.09. The summed E-state index contributed by atoms with van der Waals surface area (Å²) in [4.78, 5) is 11.7. The molecule has 0 saturated carbocycles. The maximum Gasteiger partial charge on any atom is 0.323 e. The monoisotopic (exact) mass is 253 g/mol. The highest BCUT2D eigenvalue weighted by atomic mass is 16.5. The van der Waals surface area contributed by atoms with Gasteiger partial charge in [-0.15, -0.1) is 0 Å². The van der Waals surface area contributed by atoms with Crippen LogP contribution < -0.4 is 5.32 Å². The molecule has 0 spiro atoms. The van der Waals surface area contributed by atoms with Crippen LogP contribution in [0.5, 0.6) is 0 Å². The van der Waals surface area contributed by atoms with Gasteiger partial charge in [-0.1, -0.05) is 6.92 Å². The Kier molecular flexibility index (Phi) is 5.41. The summed E-state index contributed by atoms with van der Waals surface area (Å²) in [5.74, 6) is 1.59. The van der Waals surface area contributed by atoms with Gasteiger partial charge in [-0.2, -0.15) is 0 Å². The van der Waals surface area contributed by atoms with E-state index in [1.54, 1.807) is 0 Å². The molecule has 4 heteroatoms.